The molecule has 1 fully saturated rings. The monoisotopic (exact) mass is 289 g/mol. The predicted octanol–water partition coefficient (Wildman–Crippen LogP) is 2.38. The van der Waals surface area contributed by atoms with Gasteiger partial charge in [0.05, 0.1) is 7.11 Å². The minimum absolute atomic E-state index is 0.0942. The molecule has 0 heterocycles. The maximum atomic E-state index is 12.0. The van der Waals surface area contributed by atoms with Crippen molar-refractivity contribution < 1.29 is 14.6 Å². The zero-order valence-electron chi connectivity index (χ0n) is 12.4. The Labute approximate surface area is 125 Å². The van der Waals surface area contributed by atoms with Gasteiger partial charge in [0.1, 0.15) is 5.75 Å². The number of hydrogen-bond donors (Lipinski definition) is 2. The molecule has 1 aliphatic rings. The number of rotatable bonds is 5. The maximum absolute atomic E-state index is 12.0. The SMILES string of the molecule is COc1ccc(/C=C/C(=O)NC2CCCCC2CO)cc1. The highest BCUT2D eigenvalue weighted by Gasteiger charge is 2.25. The smallest absolute Gasteiger partial charge is 0.244 e. The molecule has 1 aliphatic carbocycles. The maximum Gasteiger partial charge on any atom is 0.244 e. The molecule has 4 nitrogen and oxygen atoms in total. The highest BCUT2D eigenvalue weighted by Crippen LogP contribution is 2.23. The number of aliphatic hydroxyl groups is 1. The topological polar surface area (TPSA) is 58.6 Å². The average molecular weight is 289 g/mol. The minimum atomic E-state index is -0.101. The van der Waals surface area contributed by atoms with E-state index in [1.54, 1.807) is 19.3 Å². The number of amides is 1. The summed E-state index contributed by atoms with van der Waals surface area (Å²) in [7, 11) is 1.63. The molecule has 4 heteroatoms. The van der Waals surface area contributed by atoms with E-state index in [-0.39, 0.29) is 24.5 Å². The van der Waals surface area contributed by atoms with E-state index in [9.17, 15) is 9.90 Å². The molecule has 114 valence electrons. The van der Waals surface area contributed by atoms with Crippen LogP contribution in [0.2, 0.25) is 0 Å². The largest absolute Gasteiger partial charge is 0.497 e. The summed E-state index contributed by atoms with van der Waals surface area (Å²) in [4.78, 5) is 12.0. The van der Waals surface area contributed by atoms with Crippen molar-refractivity contribution in [2.75, 3.05) is 13.7 Å². The third-order valence-corrected chi connectivity index (χ3v) is 4.01. The molecule has 21 heavy (non-hydrogen) atoms. The van der Waals surface area contributed by atoms with E-state index in [1.165, 1.54) is 0 Å². The quantitative estimate of drug-likeness (QED) is 0.818. The molecule has 2 N–H and O–H groups in total. The molecule has 0 aliphatic heterocycles. The molecule has 0 bridgehead atoms. The first-order valence-corrected chi connectivity index (χ1v) is 7.46. The van der Waals surface area contributed by atoms with Crippen LogP contribution in [0.4, 0.5) is 0 Å². The van der Waals surface area contributed by atoms with Crippen LogP contribution in [0.3, 0.4) is 0 Å². The fraction of sp³-hybridized carbons (Fsp3) is 0.471. The fourth-order valence-electron chi connectivity index (χ4n) is 2.73. The number of carbonyl (C=O) groups is 1. The second kappa shape index (κ2) is 7.84. The molecule has 1 saturated carbocycles. The number of benzene rings is 1. The lowest BCUT2D eigenvalue weighted by Gasteiger charge is -2.30. The second-order valence-electron chi connectivity index (χ2n) is 5.45. The Morgan fingerprint density at radius 1 is 1.33 bits per heavy atom. The van der Waals surface area contributed by atoms with Gasteiger partial charge in [0.25, 0.3) is 0 Å². The molecule has 0 spiro atoms. The van der Waals surface area contributed by atoms with Gasteiger partial charge in [-0.3, -0.25) is 4.79 Å². The van der Waals surface area contributed by atoms with Crippen LogP contribution in [0.1, 0.15) is 31.2 Å². The van der Waals surface area contributed by atoms with Gasteiger partial charge < -0.3 is 15.2 Å². The van der Waals surface area contributed by atoms with Crippen molar-refractivity contribution in [3.63, 3.8) is 0 Å². The summed E-state index contributed by atoms with van der Waals surface area (Å²) in [6.07, 6.45) is 7.52. The predicted molar refractivity (Wildman–Crippen MR) is 83.0 cm³/mol. The number of ether oxygens (including phenoxy) is 1. The van der Waals surface area contributed by atoms with Crippen LogP contribution in [0, 0.1) is 5.92 Å². The van der Waals surface area contributed by atoms with Gasteiger partial charge in [-0.1, -0.05) is 25.0 Å². The normalized spacial score (nSPS) is 22.2. The molecule has 2 rings (SSSR count). The molecule has 1 amide bonds. The van der Waals surface area contributed by atoms with Crippen molar-refractivity contribution in [2.24, 2.45) is 5.92 Å². The van der Waals surface area contributed by atoms with Crippen LogP contribution < -0.4 is 10.1 Å². The van der Waals surface area contributed by atoms with E-state index in [4.69, 9.17) is 4.74 Å². The molecule has 0 saturated heterocycles. The first-order valence-electron chi connectivity index (χ1n) is 7.46. The van der Waals surface area contributed by atoms with E-state index in [2.05, 4.69) is 5.32 Å². The zero-order valence-corrected chi connectivity index (χ0v) is 12.4. The van der Waals surface area contributed by atoms with Crippen LogP contribution >= 0.6 is 0 Å². The minimum Gasteiger partial charge on any atom is -0.497 e. The van der Waals surface area contributed by atoms with Gasteiger partial charge in [0.2, 0.25) is 5.91 Å². The molecule has 2 unspecified atom stereocenters. The van der Waals surface area contributed by atoms with Gasteiger partial charge in [0.15, 0.2) is 0 Å². The highest BCUT2D eigenvalue weighted by molar-refractivity contribution is 5.91. The van der Waals surface area contributed by atoms with E-state index < -0.39 is 0 Å². The Kier molecular flexibility index (Phi) is 5.81. The Bertz CT molecular complexity index is 481. The number of aliphatic hydroxyl groups excluding tert-OH is 1. The standard InChI is InChI=1S/C17H23NO3/c1-21-15-9-6-13(7-10-15)8-11-17(20)18-16-5-3-2-4-14(16)12-19/h6-11,14,16,19H,2-5,12H2,1H3,(H,18,20)/b11-8+. The summed E-state index contributed by atoms with van der Waals surface area (Å²) in [5, 5.41) is 12.4. The van der Waals surface area contributed by atoms with E-state index in [0.717, 1.165) is 37.0 Å². The summed E-state index contributed by atoms with van der Waals surface area (Å²) in [6, 6.07) is 7.62. The number of nitrogens with one attached hydrogen (secondary N) is 1. The molecule has 0 radical (unpaired) electrons. The van der Waals surface area contributed by atoms with Crippen molar-refractivity contribution >= 4 is 12.0 Å². The van der Waals surface area contributed by atoms with E-state index in [1.807, 2.05) is 24.3 Å². The lowest BCUT2D eigenvalue weighted by atomic mass is 9.85. The number of methoxy groups -OCH3 is 1. The van der Waals surface area contributed by atoms with Gasteiger partial charge in [-0.2, -0.15) is 0 Å². The fourth-order valence-corrected chi connectivity index (χ4v) is 2.73. The lowest BCUT2D eigenvalue weighted by molar-refractivity contribution is -0.117. The Hall–Kier alpha value is -1.81. The van der Waals surface area contributed by atoms with E-state index in [0.29, 0.717) is 0 Å². The van der Waals surface area contributed by atoms with Crippen LogP contribution in [0.15, 0.2) is 30.3 Å². The summed E-state index contributed by atoms with van der Waals surface area (Å²) in [5.41, 5.74) is 0.952. The lowest BCUT2D eigenvalue weighted by Crippen LogP contribution is -2.42. The van der Waals surface area contributed by atoms with Crippen molar-refractivity contribution in [2.45, 2.75) is 31.7 Å². The van der Waals surface area contributed by atoms with E-state index >= 15 is 0 Å². The zero-order chi connectivity index (χ0) is 15.1. The number of hydrogen-bond acceptors (Lipinski definition) is 3. The van der Waals surface area contributed by atoms with Crippen molar-refractivity contribution in [3.8, 4) is 5.75 Å². The summed E-state index contributed by atoms with van der Waals surface area (Å²) in [5.74, 6) is 0.887. The van der Waals surface area contributed by atoms with Gasteiger partial charge >= 0.3 is 0 Å². The summed E-state index contributed by atoms with van der Waals surface area (Å²) in [6.45, 7) is 0.146. The van der Waals surface area contributed by atoms with Gasteiger partial charge in [-0.05, 0) is 36.6 Å². The first-order chi connectivity index (χ1) is 10.2. The van der Waals surface area contributed by atoms with Crippen LogP contribution in [0.25, 0.3) is 6.08 Å². The number of carbonyl (C=O) groups excluding carboxylic acids is 1. The van der Waals surface area contributed by atoms with Crippen LogP contribution in [0.5, 0.6) is 5.75 Å². The first kappa shape index (κ1) is 15.6. The van der Waals surface area contributed by atoms with Crippen molar-refractivity contribution in [1.29, 1.82) is 0 Å². The van der Waals surface area contributed by atoms with Crippen molar-refractivity contribution in [3.05, 3.63) is 35.9 Å². The van der Waals surface area contributed by atoms with Gasteiger partial charge in [-0.25, -0.2) is 0 Å². The van der Waals surface area contributed by atoms with Crippen LogP contribution in [-0.2, 0) is 4.79 Å². The summed E-state index contributed by atoms with van der Waals surface area (Å²) < 4.78 is 5.09. The third kappa shape index (κ3) is 4.60. The van der Waals surface area contributed by atoms with Crippen molar-refractivity contribution in [1.82, 2.24) is 5.32 Å². The average Bonchev–Trinajstić information content (AvgIpc) is 2.54. The Morgan fingerprint density at radius 2 is 2.05 bits per heavy atom. The summed E-state index contributed by atoms with van der Waals surface area (Å²) >= 11 is 0. The Morgan fingerprint density at radius 3 is 2.71 bits per heavy atom. The van der Waals surface area contributed by atoms with Crippen LogP contribution in [-0.4, -0.2) is 30.8 Å². The molecule has 2 atom stereocenters. The highest BCUT2D eigenvalue weighted by atomic mass is 16.5. The molecule has 1 aromatic carbocycles. The second-order valence-corrected chi connectivity index (χ2v) is 5.45. The molecular weight excluding hydrogens is 266 g/mol. The van der Waals surface area contributed by atoms with Gasteiger partial charge in [-0.15, -0.1) is 0 Å². The molecule has 0 aromatic heterocycles. The third-order valence-electron chi connectivity index (χ3n) is 4.01. The Balaban J connectivity index is 1.89. The molecule has 1 aromatic rings. The molecular formula is C17H23NO3. The van der Waals surface area contributed by atoms with Gasteiger partial charge in [0, 0.05) is 24.6 Å².